The van der Waals surface area contributed by atoms with Gasteiger partial charge < -0.3 is 5.11 Å². The van der Waals surface area contributed by atoms with Crippen LogP contribution in [0.3, 0.4) is 0 Å². The number of aromatic carboxylic acids is 1. The van der Waals surface area contributed by atoms with Gasteiger partial charge in [0.2, 0.25) is 0 Å². The van der Waals surface area contributed by atoms with E-state index in [4.69, 9.17) is 16.7 Å². The van der Waals surface area contributed by atoms with E-state index in [1.165, 1.54) is 24.3 Å². The van der Waals surface area contributed by atoms with E-state index >= 15 is 0 Å². The molecule has 0 amide bonds. The molecule has 0 radical (unpaired) electrons. The average Bonchev–Trinajstić information content (AvgIpc) is 2.41. The highest BCUT2D eigenvalue weighted by atomic mass is 79.9. The molecule has 3 nitrogen and oxygen atoms in total. The lowest BCUT2D eigenvalue weighted by Gasteiger charge is -2.08. The van der Waals surface area contributed by atoms with Crippen molar-refractivity contribution in [1.82, 2.24) is 0 Å². The van der Waals surface area contributed by atoms with Crippen molar-refractivity contribution in [2.45, 2.75) is 10.6 Å². The van der Waals surface area contributed by atoms with Crippen LogP contribution >= 0.6 is 27.5 Å². The summed E-state index contributed by atoms with van der Waals surface area (Å²) in [6.45, 7) is 0. The molecule has 1 atom stereocenters. The Balaban J connectivity index is 2.36. The van der Waals surface area contributed by atoms with Gasteiger partial charge in [-0.05, 0) is 30.3 Å². The fraction of sp³-hybridized carbons (Fsp3) is 0.0714. The lowest BCUT2D eigenvalue weighted by Crippen LogP contribution is -2.07. The molecular weight excluding hydrogens is 383 g/mol. The Bertz CT molecular complexity index is 736. The average molecular weight is 392 g/mol. The third kappa shape index (κ3) is 3.90. The molecule has 0 heterocycles. The molecule has 2 aromatic rings. The second-order valence-electron chi connectivity index (χ2n) is 4.17. The Labute approximate surface area is 136 Å². The molecule has 0 aliphatic carbocycles. The first-order valence-electron chi connectivity index (χ1n) is 5.73. The third-order valence-electron chi connectivity index (χ3n) is 2.72. The van der Waals surface area contributed by atoms with Crippen LogP contribution < -0.4 is 0 Å². The largest absolute Gasteiger partial charge is 0.478 e. The highest BCUT2D eigenvalue weighted by Crippen LogP contribution is 2.24. The van der Waals surface area contributed by atoms with Crippen molar-refractivity contribution in [3.63, 3.8) is 0 Å². The topological polar surface area (TPSA) is 54.4 Å². The van der Waals surface area contributed by atoms with Crippen LogP contribution in [0.2, 0.25) is 5.02 Å². The van der Waals surface area contributed by atoms with Gasteiger partial charge in [-0.1, -0.05) is 33.6 Å². The molecular formula is C14H9BrClFO3S. The molecule has 0 bridgehead atoms. The van der Waals surface area contributed by atoms with E-state index in [2.05, 4.69) is 15.9 Å². The Kier molecular flexibility index (Phi) is 5.13. The normalized spacial score (nSPS) is 12.1. The van der Waals surface area contributed by atoms with Crippen LogP contribution in [-0.4, -0.2) is 15.3 Å². The van der Waals surface area contributed by atoms with E-state index in [1.807, 2.05) is 0 Å². The first-order valence-corrected chi connectivity index (χ1v) is 8.22. The second-order valence-corrected chi connectivity index (χ2v) is 6.94. The first-order chi connectivity index (χ1) is 9.88. The monoisotopic (exact) mass is 390 g/mol. The van der Waals surface area contributed by atoms with E-state index in [9.17, 15) is 13.4 Å². The molecule has 0 saturated heterocycles. The van der Waals surface area contributed by atoms with Crippen LogP contribution in [0.5, 0.6) is 0 Å². The van der Waals surface area contributed by atoms with Crippen molar-refractivity contribution >= 4 is 44.3 Å². The van der Waals surface area contributed by atoms with E-state index in [-0.39, 0.29) is 26.8 Å². The number of hydrogen-bond donors (Lipinski definition) is 1. The Morgan fingerprint density at radius 1 is 1.29 bits per heavy atom. The smallest absolute Gasteiger partial charge is 0.336 e. The number of carbonyl (C=O) groups is 1. The number of carboxylic acids is 1. The van der Waals surface area contributed by atoms with Gasteiger partial charge in [0.05, 0.1) is 27.0 Å². The van der Waals surface area contributed by atoms with E-state index in [0.717, 1.165) is 6.07 Å². The standard InChI is InChI=1S/C14H9BrClFO3S/c15-9-2-4-11(14(18)19)13(5-9)21(20)7-8-1-3-10(16)6-12(8)17/h1-6H,7H2,(H,18,19). The number of hydrogen-bond acceptors (Lipinski definition) is 2. The van der Waals surface area contributed by atoms with Crippen LogP contribution in [-0.2, 0) is 16.6 Å². The Hall–Kier alpha value is -1.24. The number of carboxylic acid groups (broad SMARTS) is 1. The summed E-state index contributed by atoms with van der Waals surface area (Å²) in [5.74, 6) is -1.87. The molecule has 7 heteroatoms. The molecule has 1 N–H and O–H groups in total. The van der Waals surface area contributed by atoms with Crippen molar-refractivity contribution in [2.24, 2.45) is 0 Å². The molecule has 1 unspecified atom stereocenters. The number of halogens is 3. The maximum atomic E-state index is 13.7. The Morgan fingerprint density at radius 2 is 2.00 bits per heavy atom. The van der Waals surface area contributed by atoms with Crippen LogP contribution in [0.25, 0.3) is 0 Å². The van der Waals surface area contributed by atoms with Crippen LogP contribution in [0.4, 0.5) is 4.39 Å². The predicted molar refractivity (Wildman–Crippen MR) is 82.6 cm³/mol. The van der Waals surface area contributed by atoms with Crippen molar-refractivity contribution in [2.75, 3.05) is 0 Å². The molecule has 0 spiro atoms. The zero-order chi connectivity index (χ0) is 15.6. The van der Waals surface area contributed by atoms with Crippen molar-refractivity contribution in [1.29, 1.82) is 0 Å². The summed E-state index contributed by atoms with van der Waals surface area (Å²) in [6, 6.07) is 8.44. The predicted octanol–water partition coefficient (Wildman–Crippen LogP) is 4.25. The number of rotatable bonds is 4. The van der Waals surface area contributed by atoms with E-state index in [1.54, 1.807) is 6.07 Å². The molecule has 21 heavy (non-hydrogen) atoms. The summed E-state index contributed by atoms with van der Waals surface area (Å²) < 4.78 is 26.7. The second kappa shape index (κ2) is 6.68. The van der Waals surface area contributed by atoms with Gasteiger partial charge in [0.25, 0.3) is 0 Å². The minimum absolute atomic E-state index is 0.0640. The van der Waals surface area contributed by atoms with E-state index < -0.39 is 22.6 Å². The highest BCUT2D eigenvalue weighted by molar-refractivity contribution is 9.10. The summed E-state index contributed by atoms with van der Waals surface area (Å²) in [4.78, 5) is 11.3. The quantitative estimate of drug-likeness (QED) is 0.848. The molecule has 0 aliphatic rings. The summed E-state index contributed by atoms with van der Waals surface area (Å²) in [6.07, 6.45) is 0. The van der Waals surface area contributed by atoms with Crippen molar-refractivity contribution < 1.29 is 18.5 Å². The fourth-order valence-electron chi connectivity index (χ4n) is 1.72. The van der Waals surface area contributed by atoms with Gasteiger partial charge >= 0.3 is 5.97 Å². The number of benzene rings is 2. The van der Waals surface area contributed by atoms with Gasteiger partial charge in [-0.2, -0.15) is 0 Å². The molecule has 2 rings (SSSR count). The minimum Gasteiger partial charge on any atom is -0.478 e. The Morgan fingerprint density at radius 3 is 2.62 bits per heavy atom. The molecule has 0 fully saturated rings. The first kappa shape index (κ1) is 16.1. The van der Waals surface area contributed by atoms with Gasteiger partial charge in [0, 0.05) is 15.1 Å². The van der Waals surface area contributed by atoms with Gasteiger partial charge in [0.1, 0.15) is 5.82 Å². The highest BCUT2D eigenvalue weighted by Gasteiger charge is 2.17. The zero-order valence-corrected chi connectivity index (χ0v) is 13.6. The van der Waals surface area contributed by atoms with Gasteiger partial charge in [-0.15, -0.1) is 0 Å². The maximum absolute atomic E-state index is 13.7. The molecule has 0 aromatic heterocycles. The third-order valence-corrected chi connectivity index (χ3v) is 4.85. The fourth-order valence-corrected chi connectivity index (χ4v) is 3.72. The summed E-state index contributed by atoms with van der Waals surface area (Å²) in [5.41, 5.74) is 0.153. The van der Waals surface area contributed by atoms with E-state index in [0.29, 0.717) is 4.47 Å². The summed E-state index contributed by atoms with van der Waals surface area (Å²) in [7, 11) is -1.69. The van der Waals surface area contributed by atoms with Gasteiger partial charge in [-0.3, -0.25) is 4.21 Å². The molecule has 2 aromatic carbocycles. The van der Waals surface area contributed by atoms with Gasteiger partial charge in [0.15, 0.2) is 0 Å². The summed E-state index contributed by atoms with van der Waals surface area (Å²) >= 11 is 8.86. The lowest BCUT2D eigenvalue weighted by atomic mass is 10.2. The van der Waals surface area contributed by atoms with Crippen LogP contribution in [0.15, 0.2) is 45.8 Å². The van der Waals surface area contributed by atoms with Gasteiger partial charge in [-0.25, -0.2) is 9.18 Å². The van der Waals surface area contributed by atoms with Crippen LogP contribution in [0.1, 0.15) is 15.9 Å². The lowest BCUT2D eigenvalue weighted by molar-refractivity contribution is 0.0693. The van der Waals surface area contributed by atoms with Crippen molar-refractivity contribution in [3.8, 4) is 0 Å². The summed E-state index contributed by atoms with van der Waals surface area (Å²) in [5, 5.41) is 9.37. The zero-order valence-electron chi connectivity index (χ0n) is 10.5. The molecule has 110 valence electrons. The molecule has 0 aliphatic heterocycles. The van der Waals surface area contributed by atoms with Crippen molar-refractivity contribution in [3.05, 3.63) is 62.8 Å². The molecule has 0 saturated carbocycles. The SMILES string of the molecule is O=C(O)c1ccc(Br)cc1S(=O)Cc1ccc(Cl)cc1F. The van der Waals surface area contributed by atoms with Crippen LogP contribution in [0, 0.1) is 5.82 Å². The maximum Gasteiger partial charge on any atom is 0.336 e. The minimum atomic E-state index is -1.69.